The van der Waals surface area contributed by atoms with Crippen LogP contribution in [0.25, 0.3) is 0 Å². The van der Waals surface area contributed by atoms with Crippen LogP contribution in [0.3, 0.4) is 0 Å². The van der Waals surface area contributed by atoms with Gasteiger partial charge in [-0.05, 0) is 47.9 Å². The van der Waals surface area contributed by atoms with Gasteiger partial charge < -0.3 is 10.2 Å². The summed E-state index contributed by atoms with van der Waals surface area (Å²) in [6, 6.07) is 21.7. The number of benzene rings is 3. The van der Waals surface area contributed by atoms with Crippen molar-refractivity contribution >= 4 is 50.7 Å². The summed E-state index contributed by atoms with van der Waals surface area (Å²) in [4.78, 5) is 28.8. The fraction of sp³-hybridized carbons (Fsp3) is 0.286. The zero-order chi connectivity index (χ0) is 27.7. The molecule has 0 spiro atoms. The van der Waals surface area contributed by atoms with E-state index in [0.29, 0.717) is 22.2 Å². The molecule has 3 aromatic carbocycles. The fourth-order valence-electron chi connectivity index (χ4n) is 3.95. The van der Waals surface area contributed by atoms with Crippen LogP contribution >= 0.6 is 23.2 Å². The predicted octanol–water partition coefficient (Wildman–Crippen LogP) is 4.93. The SMILES string of the molecule is CCCNC(=O)[C@H](Cc1ccccc1)N(Cc1ccccc1Cl)C(=O)CN(c1ccc(Cl)cc1)S(C)(=O)=O. The first-order valence-corrected chi connectivity index (χ1v) is 14.8. The zero-order valence-electron chi connectivity index (χ0n) is 21.3. The van der Waals surface area contributed by atoms with E-state index in [4.69, 9.17) is 23.2 Å². The third-order valence-corrected chi connectivity index (χ3v) is 7.67. The van der Waals surface area contributed by atoms with Gasteiger partial charge in [-0.15, -0.1) is 0 Å². The summed E-state index contributed by atoms with van der Waals surface area (Å²) in [6.45, 7) is 1.90. The van der Waals surface area contributed by atoms with Crippen LogP contribution in [0.1, 0.15) is 24.5 Å². The highest BCUT2D eigenvalue weighted by atomic mass is 35.5. The lowest BCUT2D eigenvalue weighted by Crippen LogP contribution is -2.53. The van der Waals surface area contributed by atoms with E-state index in [0.717, 1.165) is 22.5 Å². The molecule has 3 aromatic rings. The number of rotatable bonds is 12. The Bertz CT molecular complexity index is 1340. The molecule has 0 fully saturated rings. The normalized spacial score (nSPS) is 12.0. The van der Waals surface area contributed by atoms with E-state index in [2.05, 4.69) is 5.32 Å². The van der Waals surface area contributed by atoms with E-state index in [1.54, 1.807) is 36.4 Å². The number of hydrogen-bond donors (Lipinski definition) is 1. The maximum absolute atomic E-state index is 13.9. The Balaban J connectivity index is 2.04. The van der Waals surface area contributed by atoms with Crippen LogP contribution in [-0.4, -0.2) is 50.5 Å². The molecular formula is C28H31Cl2N3O4S. The van der Waals surface area contributed by atoms with Gasteiger partial charge in [0, 0.05) is 29.6 Å². The van der Waals surface area contributed by atoms with Crippen molar-refractivity contribution in [2.75, 3.05) is 23.7 Å². The van der Waals surface area contributed by atoms with Crippen molar-refractivity contribution in [2.24, 2.45) is 0 Å². The van der Waals surface area contributed by atoms with Crippen molar-refractivity contribution in [3.05, 3.63) is 100 Å². The van der Waals surface area contributed by atoms with Gasteiger partial charge in [-0.25, -0.2) is 8.42 Å². The summed E-state index contributed by atoms with van der Waals surface area (Å²) in [5.74, 6) is -0.869. The van der Waals surface area contributed by atoms with Crippen LogP contribution in [0.15, 0.2) is 78.9 Å². The Morgan fingerprint density at radius 1 is 0.921 bits per heavy atom. The molecule has 202 valence electrons. The molecule has 38 heavy (non-hydrogen) atoms. The Morgan fingerprint density at radius 3 is 2.16 bits per heavy atom. The molecule has 1 N–H and O–H groups in total. The molecule has 3 rings (SSSR count). The van der Waals surface area contributed by atoms with Gasteiger partial charge in [0.05, 0.1) is 11.9 Å². The number of amides is 2. The molecule has 0 saturated heterocycles. The molecule has 10 heteroatoms. The van der Waals surface area contributed by atoms with Crippen LogP contribution < -0.4 is 9.62 Å². The average Bonchev–Trinajstić information content (AvgIpc) is 2.89. The second-order valence-electron chi connectivity index (χ2n) is 8.86. The fourth-order valence-corrected chi connectivity index (χ4v) is 5.12. The van der Waals surface area contributed by atoms with Crippen LogP contribution in [-0.2, 0) is 32.6 Å². The second-order valence-corrected chi connectivity index (χ2v) is 11.6. The molecule has 0 bridgehead atoms. The number of carbonyl (C=O) groups excluding carboxylic acids is 2. The van der Waals surface area contributed by atoms with E-state index in [-0.39, 0.29) is 24.6 Å². The number of nitrogens with one attached hydrogen (secondary N) is 1. The summed E-state index contributed by atoms with van der Waals surface area (Å²) >= 11 is 12.4. The van der Waals surface area contributed by atoms with Crippen LogP contribution in [0.5, 0.6) is 0 Å². The molecule has 7 nitrogen and oxygen atoms in total. The molecule has 0 aliphatic heterocycles. The van der Waals surface area contributed by atoms with Crippen LogP contribution in [0, 0.1) is 0 Å². The number of sulfonamides is 1. The molecule has 0 heterocycles. The lowest BCUT2D eigenvalue weighted by molar-refractivity contribution is -0.140. The van der Waals surface area contributed by atoms with Crippen molar-refractivity contribution < 1.29 is 18.0 Å². The summed E-state index contributed by atoms with van der Waals surface area (Å²) < 4.78 is 26.5. The summed E-state index contributed by atoms with van der Waals surface area (Å²) in [5, 5.41) is 3.77. The van der Waals surface area contributed by atoms with E-state index >= 15 is 0 Å². The molecule has 0 saturated carbocycles. The quantitative estimate of drug-likeness (QED) is 0.332. The van der Waals surface area contributed by atoms with Crippen LogP contribution in [0.4, 0.5) is 5.69 Å². The topological polar surface area (TPSA) is 86.8 Å². The minimum atomic E-state index is -3.84. The van der Waals surface area contributed by atoms with E-state index in [1.807, 2.05) is 37.3 Å². The third kappa shape index (κ3) is 8.21. The van der Waals surface area contributed by atoms with Gasteiger partial charge in [-0.2, -0.15) is 0 Å². The number of carbonyl (C=O) groups is 2. The first-order chi connectivity index (χ1) is 18.1. The maximum atomic E-state index is 13.9. The van der Waals surface area contributed by atoms with Gasteiger partial charge in [0.15, 0.2) is 0 Å². The highest BCUT2D eigenvalue weighted by molar-refractivity contribution is 7.92. The Kier molecular flexibility index (Phi) is 10.6. The zero-order valence-corrected chi connectivity index (χ0v) is 23.6. The summed E-state index contributed by atoms with van der Waals surface area (Å²) in [5.41, 5.74) is 1.79. The van der Waals surface area contributed by atoms with Crippen molar-refractivity contribution in [3.8, 4) is 0 Å². The second kappa shape index (κ2) is 13.6. The van der Waals surface area contributed by atoms with E-state index < -0.39 is 28.5 Å². The Morgan fingerprint density at radius 2 is 1.55 bits per heavy atom. The molecule has 0 radical (unpaired) electrons. The standard InChI is InChI=1S/C28H31Cl2N3O4S/c1-3-17-31-28(35)26(18-21-9-5-4-6-10-21)32(19-22-11-7-8-12-25(22)30)27(34)20-33(38(2,36)37)24-15-13-23(29)14-16-24/h4-16,26H,3,17-20H2,1-2H3,(H,31,35)/t26-/m0/s1. The molecule has 0 unspecified atom stereocenters. The highest BCUT2D eigenvalue weighted by Crippen LogP contribution is 2.24. The van der Waals surface area contributed by atoms with Gasteiger partial charge >= 0.3 is 0 Å². The lowest BCUT2D eigenvalue weighted by atomic mass is 10.0. The first kappa shape index (κ1) is 29.5. The molecule has 2 amide bonds. The van der Waals surface area contributed by atoms with Crippen LogP contribution in [0.2, 0.25) is 10.0 Å². The van der Waals surface area contributed by atoms with Gasteiger partial charge in [0.25, 0.3) is 0 Å². The minimum absolute atomic E-state index is 0.0216. The predicted molar refractivity (Wildman–Crippen MR) is 153 cm³/mol. The lowest BCUT2D eigenvalue weighted by Gasteiger charge is -2.33. The van der Waals surface area contributed by atoms with E-state index in [1.165, 1.54) is 17.0 Å². The number of halogens is 2. The van der Waals surface area contributed by atoms with Gasteiger partial charge in [-0.1, -0.05) is 78.7 Å². The third-order valence-electron chi connectivity index (χ3n) is 5.91. The molecule has 0 aliphatic rings. The van der Waals surface area contributed by atoms with Gasteiger partial charge in [-0.3, -0.25) is 13.9 Å². The summed E-state index contributed by atoms with van der Waals surface area (Å²) in [6.07, 6.45) is 2.00. The van der Waals surface area contributed by atoms with Crippen molar-refractivity contribution in [1.82, 2.24) is 10.2 Å². The van der Waals surface area contributed by atoms with Crippen molar-refractivity contribution in [3.63, 3.8) is 0 Å². The number of nitrogens with zero attached hydrogens (tertiary/aromatic N) is 2. The van der Waals surface area contributed by atoms with Crippen molar-refractivity contribution in [2.45, 2.75) is 32.4 Å². The molecular weight excluding hydrogens is 545 g/mol. The monoisotopic (exact) mass is 575 g/mol. The highest BCUT2D eigenvalue weighted by Gasteiger charge is 2.33. The van der Waals surface area contributed by atoms with Crippen molar-refractivity contribution in [1.29, 1.82) is 0 Å². The largest absolute Gasteiger partial charge is 0.354 e. The Hall–Kier alpha value is -3.07. The number of anilines is 1. The smallest absolute Gasteiger partial charge is 0.244 e. The average molecular weight is 577 g/mol. The van der Waals surface area contributed by atoms with E-state index in [9.17, 15) is 18.0 Å². The molecule has 0 aromatic heterocycles. The Labute approximate surface area is 234 Å². The number of hydrogen-bond acceptors (Lipinski definition) is 4. The van der Waals surface area contributed by atoms with Gasteiger partial charge in [0.2, 0.25) is 21.8 Å². The first-order valence-electron chi connectivity index (χ1n) is 12.2. The molecule has 1 atom stereocenters. The van der Waals surface area contributed by atoms with Gasteiger partial charge in [0.1, 0.15) is 12.6 Å². The maximum Gasteiger partial charge on any atom is 0.244 e. The molecule has 0 aliphatic carbocycles. The minimum Gasteiger partial charge on any atom is -0.354 e. The summed E-state index contributed by atoms with van der Waals surface area (Å²) in [7, 11) is -3.84.